The maximum atomic E-state index is 12.7. The number of nitrogens with zero attached hydrogens (tertiary/aromatic N) is 1. The Labute approximate surface area is 360 Å². The summed E-state index contributed by atoms with van der Waals surface area (Å²) in [7, 11) is 0.938. The number of phosphoric ester groups is 1. The Morgan fingerprint density at radius 1 is 0.717 bits per heavy atom. The third kappa shape index (κ3) is 27.9. The molecule has 0 spiro atoms. The fourth-order valence-electron chi connectivity index (χ4n) is 6.02. The number of rotatable bonds is 35. The Morgan fingerprint density at radius 3 is 1.97 bits per heavy atom. The maximum absolute atomic E-state index is 12.7. The minimum absolute atomic E-state index is 0.0879. The highest BCUT2D eigenvalue weighted by atomic mass is 31.2. The van der Waals surface area contributed by atoms with E-state index >= 15 is 0 Å². The molecule has 1 aromatic rings. The van der Waals surface area contributed by atoms with Crippen molar-refractivity contribution in [1.29, 1.82) is 0 Å². The predicted octanol–water partition coefficient (Wildman–Crippen LogP) is 7.84. The molecule has 0 radical (unpaired) electrons. The van der Waals surface area contributed by atoms with E-state index in [4.69, 9.17) is 22.9 Å². The van der Waals surface area contributed by atoms with Crippen LogP contribution in [-0.2, 0) is 45.5 Å². The smallest absolute Gasteiger partial charge is 0.306 e. The van der Waals surface area contributed by atoms with E-state index in [0.29, 0.717) is 17.4 Å². The largest absolute Gasteiger partial charge is 0.756 e. The quantitative estimate of drug-likeness (QED) is 0.0198. The Bertz CT molecular complexity index is 1490. The number of phosphoric acid groups is 1. The molecule has 14 heteroatoms. The first kappa shape index (κ1) is 55.1. The van der Waals surface area contributed by atoms with E-state index in [1.54, 1.807) is 42.5 Å². The first-order chi connectivity index (χ1) is 28.5. The number of carbonyl (C=O) groups excluding carboxylic acids is 2. The number of aliphatic hydroxyl groups is 3. The fourth-order valence-corrected chi connectivity index (χ4v) is 6.75. The topological polar surface area (TPSA) is 185 Å². The van der Waals surface area contributed by atoms with Gasteiger partial charge in [0, 0.05) is 25.7 Å². The van der Waals surface area contributed by atoms with Crippen LogP contribution in [0.25, 0.3) is 0 Å². The zero-order chi connectivity index (χ0) is 44.8. The van der Waals surface area contributed by atoms with Crippen molar-refractivity contribution in [2.24, 2.45) is 0 Å². The third-order valence-corrected chi connectivity index (χ3v) is 10.9. The van der Waals surface area contributed by atoms with Gasteiger partial charge in [0.1, 0.15) is 31.3 Å². The zero-order valence-corrected chi connectivity index (χ0v) is 38.6. The summed E-state index contributed by atoms with van der Waals surface area (Å²) in [6, 6.07) is 0. The van der Waals surface area contributed by atoms with Gasteiger partial charge < -0.3 is 47.6 Å². The molecule has 1 aromatic heterocycles. The van der Waals surface area contributed by atoms with Crippen LogP contribution in [0.15, 0.2) is 53.0 Å². The van der Waals surface area contributed by atoms with Gasteiger partial charge in [-0.2, -0.15) is 0 Å². The van der Waals surface area contributed by atoms with Crippen molar-refractivity contribution in [2.45, 2.75) is 161 Å². The van der Waals surface area contributed by atoms with Crippen molar-refractivity contribution in [2.75, 3.05) is 47.5 Å². The predicted molar refractivity (Wildman–Crippen MR) is 234 cm³/mol. The number of quaternary nitrogens is 1. The molecule has 1 heterocycles. The molecule has 344 valence electrons. The molecule has 13 nitrogen and oxygen atoms in total. The summed E-state index contributed by atoms with van der Waals surface area (Å²) in [6.45, 7) is 7.82. The third-order valence-electron chi connectivity index (χ3n) is 9.89. The Kier molecular flexibility index (Phi) is 29.3. The van der Waals surface area contributed by atoms with Gasteiger partial charge in [-0.25, -0.2) is 0 Å². The SMILES string of the molecule is CCCCC[C@@H](O)/C=C/C=C\C=C\C=C\[C@@H](O)[C@H](O)CCCC(=O)OC[C@H](COP(=O)([O-])OCC[N+](C)(C)C)OC(=O)CCCCCCCCc1oc(CCC)c(C)c1C. The van der Waals surface area contributed by atoms with Crippen molar-refractivity contribution in [1.82, 2.24) is 0 Å². The summed E-state index contributed by atoms with van der Waals surface area (Å²) in [6.07, 6.45) is 22.4. The molecule has 0 bridgehead atoms. The van der Waals surface area contributed by atoms with Crippen molar-refractivity contribution >= 4 is 19.8 Å². The van der Waals surface area contributed by atoms with E-state index in [1.165, 1.54) is 17.2 Å². The number of aryl methyl sites for hydroxylation is 2. The molecule has 0 aromatic carbocycles. The maximum Gasteiger partial charge on any atom is 0.306 e. The lowest BCUT2D eigenvalue weighted by atomic mass is 10.0. The summed E-state index contributed by atoms with van der Waals surface area (Å²) < 4.78 is 39.8. The van der Waals surface area contributed by atoms with Gasteiger partial charge in [0.2, 0.25) is 0 Å². The monoisotopic (exact) mass is 868 g/mol. The lowest BCUT2D eigenvalue weighted by Gasteiger charge is -2.28. The van der Waals surface area contributed by atoms with Crippen LogP contribution in [0, 0.1) is 13.8 Å². The number of likely N-dealkylation sites (N-methyl/N-ethyl adjacent to an activating group) is 1. The van der Waals surface area contributed by atoms with E-state index in [2.05, 4.69) is 27.7 Å². The molecule has 0 aliphatic rings. The van der Waals surface area contributed by atoms with Gasteiger partial charge in [0.05, 0.1) is 46.1 Å². The lowest BCUT2D eigenvalue weighted by Crippen LogP contribution is -2.37. The van der Waals surface area contributed by atoms with Gasteiger partial charge in [0.25, 0.3) is 7.82 Å². The lowest BCUT2D eigenvalue weighted by molar-refractivity contribution is -0.870. The molecule has 5 atom stereocenters. The van der Waals surface area contributed by atoms with Gasteiger partial charge in [0.15, 0.2) is 6.10 Å². The van der Waals surface area contributed by atoms with E-state index < -0.39 is 57.4 Å². The summed E-state index contributed by atoms with van der Waals surface area (Å²) in [5.74, 6) is 0.975. The Morgan fingerprint density at radius 2 is 1.32 bits per heavy atom. The number of unbranched alkanes of at least 4 members (excludes halogenated alkanes) is 7. The summed E-state index contributed by atoms with van der Waals surface area (Å²) in [4.78, 5) is 37.7. The van der Waals surface area contributed by atoms with Crippen LogP contribution in [0.1, 0.15) is 133 Å². The summed E-state index contributed by atoms with van der Waals surface area (Å²) in [5.41, 5.74) is 2.52. The highest BCUT2D eigenvalue weighted by Crippen LogP contribution is 2.38. The van der Waals surface area contributed by atoms with Gasteiger partial charge in [-0.1, -0.05) is 107 Å². The average molecular weight is 868 g/mol. The Hall–Kier alpha value is -2.87. The van der Waals surface area contributed by atoms with Crippen LogP contribution in [-0.4, -0.2) is 104 Å². The van der Waals surface area contributed by atoms with E-state index in [9.17, 15) is 34.4 Å². The highest BCUT2D eigenvalue weighted by Gasteiger charge is 2.22. The zero-order valence-electron chi connectivity index (χ0n) is 37.7. The van der Waals surface area contributed by atoms with Gasteiger partial charge in [-0.3, -0.25) is 14.2 Å². The number of carbonyl (C=O) groups is 2. The summed E-state index contributed by atoms with van der Waals surface area (Å²) in [5, 5.41) is 30.5. The van der Waals surface area contributed by atoms with E-state index in [-0.39, 0.29) is 32.3 Å². The number of hydrogen-bond donors (Lipinski definition) is 3. The molecule has 0 amide bonds. The molecule has 60 heavy (non-hydrogen) atoms. The minimum Gasteiger partial charge on any atom is -0.756 e. The molecule has 0 aliphatic heterocycles. The van der Waals surface area contributed by atoms with Crippen molar-refractivity contribution in [3.63, 3.8) is 0 Å². The second kappa shape index (κ2) is 31.9. The normalized spacial score (nSPS) is 15.6. The first-order valence-corrected chi connectivity index (χ1v) is 23.5. The van der Waals surface area contributed by atoms with E-state index in [1.807, 2.05) is 21.1 Å². The summed E-state index contributed by atoms with van der Waals surface area (Å²) >= 11 is 0. The minimum atomic E-state index is -4.73. The van der Waals surface area contributed by atoms with E-state index in [0.717, 1.165) is 88.6 Å². The average Bonchev–Trinajstić information content (AvgIpc) is 3.44. The number of furan rings is 1. The molecule has 0 saturated heterocycles. The van der Waals surface area contributed by atoms with Crippen LogP contribution in [0.4, 0.5) is 0 Å². The van der Waals surface area contributed by atoms with Gasteiger partial charge in [-0.15, -0.1) is 0 Å². The van der Waals surface area contributed by atoms with Crippen molar-refractivity contribution in [3.05, 3.63) is 71.3 Å². The van der Waals surface area contributed by atoms with Gasteiger partial charge >= 0.3 is 11.9 Å². The molecule has 1 rings (SSSR count). The first-order valence-electron chi connectivity index (χ1n) is 22.0. The van der Waals surface area contributed by atoms with Crippen LogP contribution in [0.5, 0.6) is 0 Å². The number of ether oxygens (including phenoxy) is 2. The molecule has 0 saturated carbocycles. The number of hydrogen-bond acceptors (Lipinski definition) is 12. The van der Waals surface area contributed by atoms with Crippen molar-refractivity contribution in [3.8, 4) is 0 Å². The van der Waals surface area contributed by atoms with Crippen LogP contribution in [0.3, 0.4) is 0 Å². The molecule has 0 fully saturated rings. The highest BCUT2D eigenvalue weighted by molar-refractivity contribution is 7.45. The second-order valence-corrected chi connectivity index (χ2v) is 17.9. The number of aliphatic hydroxyl groups excluding tert-OH is 3. The molecule has 0 aliphatic carbocycles. The molecule has 1 unspecified atom stereocenters. The fraction of sp³-hybridized carbons (Fsp3) is 0.696. The second-order valence-electron chi connectivity index (χ2n) is 16.5. The van der Waals surface area contributed by atoms with Gasteiger partial charge in [-0.05, 0) is 63.5 Å². The molecular formula is C46H78NO12P. The number of esters is 2. The van der Waals surface area contributed by atoms with Crippen LogP contribution in [0.2, 0.25) is 0 Å². The van der Waals surface area contributed by atoms with Crippen LogP contribution >= 0.6 is 7.82 Å². The van der Waals surface area contributed by atoms with Crippen LogP contribution < -0.4 is 4.89 Å². The Balaban J connectivity index is 2.52. The standard InChI is InChI=1S/C46H78NO12P/c1-8-10-19-26-39(48)27-20-15-11-12-16-21-28-41(49)42(50)29-24-32-45(51)55-35-40(36-57-60(53,54)56-34-33-47(5,6)7)58-46(52)31-23-18-14-13-17-22-30-44-38(4)37(3)43(59-44)25-9-2/h11-12,15-16,20-21,27-28,39-42,48-50H,8-10,13-14,17-19,22-26,29-36H2,1-7H3/b15-11-,16-12+,27-20+,28-21+/t39-,40-,41-,42-/m1/s1. The number of allylic oxidation sites excluding steroid dienone is 6. The van der Waals surface area contributed by atoms with Crippen molar-refractivity contribution < 1.29 is 61.8 Å². The molecule has 3 N–H and O–H groups in total. The molecular weight excluding hydrogens is 789 g/mol.